The van der Waals surface area contributed by atoms with Crippen molar-refractivity contribution < 1.29 is 0 Å². The van der Waals surface area contributed by atoms with E-state index in [1.165, 1.54) is 12.8 Å². The Bertz CT molecular complexity index is 227. The van der Waals surface area contributed by atoms with Crippen LogP contribution in [0.4, 0.5) is 0 Å². The van der Waals surface area contributed by atoms with Crippen LogP contribution in [-0.2, 0) is 0 Å². The molecule has 1 aliphatic carbocycles. The van der Waals surface area contributed by atoms with Crippen LogP contribution in [0.1, 0.15) is 61.3 Å². The van der Waals surface area contributed by atoms with E-state index in [9.17, 15) is 0 Å². The van der Waals surface area contributed by atoms with Gasteiger partial charge in [0.15, 0.2) is 0 Å². The summed E-state index contributed by atoms with van der Waals surface area (Å²) < 4.78 is 0. The zero-order chi connectivity index (χ0) is 12.1. The summed E-state index contributed by atoms with van der Waals surface area (Å²) in [6.45, 7) is 17.0. The molecule has 3 atom stereocenters. The number of hydrogen-bond donors (Lipinski definition) is 0. The van der Waals surface area contributed by atoms with Crippen LogP contribution in [0.2, 0.25) is 5.31 Å². The van der Waals surface area contributed by atoms with Crippen molar-refractivity contribution in [3.63, 3.8) is 0 Å². The van der Waals surface area contributed by atoms with Gasteiger partial charge in [-0.2, -0.15) is 0 Å². The van der Waals surface area contributed by atoms with Gasteiger partial charge in [-0.25, -0.2) is 0 Å². The van der Waals surface area contributed by atoms with Crippen molar-refractivity contribution in [2.45, 2.75) is 66.6 Å². The van der Waals surface area contributed by atoms with E-state index >= 15 is 0 Å². The maximum absolute atomic E-state index is 2.47. The predicted octanol–water partition coefficient (Wildman–Crippen LogP) is 3.92. The highest BCUT2D eigenvalue weighted by Crippen LogP contribution is 2.61. The molecule has 0 spiro atoms. The Labute approximate surface area is 97.6 Å². The minimum absolute atomic E-state index is 0.442. The maximum Gasteiger partial charge on any atom is 0.109 e. The second kappa shape index (κ2) is 3.53. The summed E-state index contributed by atoms with van der Waals surface area (Å²) in [4.78, 5) is 0. The summed E-state index contributed by atoms with van der Waals surface area (Å²) in [5.41, 5.74) is 0.906. The van der Waals surface area contributed by atoms with Crippen LogP contribution in [0.3, 0.4) is 0 Å². The highest BCUT2D eigenvalue weighted by Gasteiger charge is 2.50. The smallest absolute Gasteiger partial charge is 0.0666 e. The minimum Gasteiger partial charge on any atom is -0.0666 e. The van der Waals surface area contributed by atoms with Crippen molar-refractivity contribution in [3.8, 4) is 0 Å². The molecule has 0 radical (unpaired) electrons. The van der Waals surface area contributed by atoms with Crippen LogP contribution in [0.25, 0.3) is 0 Å². The molecule has 3 unspecified atom stereocenters. The van der Waals surface area contributed by atoms with Gasteiger partial charge in [-0.15, -0.1) is 0 Å². The normalized spacial score (nSPS) is 38.3. The van der Waals surface area contributed by atoms with E-state index in [0.29, 0.717) is 16.1 Å². The van der Waals surface area contributed by atoms with Crippen LogP contribution in [0.5, 0.6) is 0 Å². The Morgan fingerprint density at radius 3 is 1.73 bits per heavy atom. The van der Waals surface area contributed by atoms with Crippen LogP contribution >= 0.6 is 0 Å². The molecule has 0 amide bonds. The summed E-state index contributed by atoms with van der Waals surface area (Å²) in [5, 5.41) is 0.524. The first-order chi connectivity index (χ1) is 6.46. The summed E-state index contributed by atoms with van der Waals surface area (Å²) in [5.74, 6) is 1.73. The fraction of sp³-hybridized carbons (Fsp3) is 1.00. The third kappa shape index (κ3) is 2.60. The summed E-state index contributed by atoms with van der Waals surface area (Å²) in [6, 6.07) is 0. The van der Waals surface area contributed by atoms with Gasteiger partial charge < -0.3 is 0 Å². The molecule has 0 bridgehead atoms. The van der Waals surface area contributed by atoms with Gasteiger partial charge in [0.25, 0.3) is 0 Å². The highest BCUT2D eigenvalue weighted by atomic mass is 14.5. The van der Waals surface area contributed by atoms with Crippen LogP contribution < -0.4 is 0 Å². The van der Waals surface area contributed by atoms with Gasteiger partial charge in [0.2, 0.25) is 0 Å². The molecule has 0 aromatic rings. The molecular weight excluding hydrogens is 179 g/mol. The predicted molar refractivity (Wildman–Crippen MR) is 72.0 cm³/mol. The third-order valence-corrected chi connectivity index (χ3v) is 4.39. The monoisotopic (exact) mass is 208 g/mol. The second-order valence-corrected chi connectivity index (χ2v) is 8.34. The highest BCUT2D eigenvalue weighted by molar-refractivity contribution is 6.15. The molecule has 88 valence electrons. The lowest BCUT2D eigenvalue weighted by Crippen LogP contribution is -2.37. The molecule has 0 aromatic carbocycles. The lowest BCUT2D eigenvalue weighted by Gasteiger charge is -2.45. The number of rotatable bonds is 0. The molecule has 1 aliphatic rings. The summed E-state index contributed by atoms with van der Waals surface area (Å²) in [7, 11) is 2.47. The molecule has 1 rings (SSSR count). The van der Waals surface area contributed by atoms with Crippen LogP contribution in [0.15, 0.2) is 0 Å². The van der Waals surface area contributed by atoms with Crippen molar-refractivity contribution in [2.24, 2.45) is 22.7 Å². The Hall–Kier alpha value is 0.0649. The van der Waals surface area contributed by atoms with Crippen molar-refractivity contribution in [3.05, 3.63) is 0 Å². The Balaban J connectivity index is 3.03. The van der Waals surface area contributed by atoms with Gasteiger partial charge in [-0.3, -0.25) is 0 Å². The van der Waals surface area contributed by atoms with E-state index < -0.39 is 0 Å². The van der Waals surface area contributed by atoms with Gasteiger partial charge in [0, 0.05) is 0 Å². The van der Waals surface area contributed by atoms with Gasteiger partial charge in [0.05, 0.1) is 0 Å². The first kappa shape index (κ1) is 13.1. The Morgan fingerprint density at radius 2 is 1.47 bits per heavy atom. The quantitative estimate of drug-likeness (QED) is 0.529. The lowest BCUT2D eigenvalue weighted by atomic mass is 9.53. The van der Waals surface area contributed by atoms with Crippen molar-refractivity contribution in [1.29, 1.82) is 0 Å². The van der Waals surface area contributed by atoms with Crippen molar-refractivity contribution in [1.82, 2.24) is 0 Å². The molecule has 0 saturated heterocycles. The largest absolute Gasteiger partial charge is 0.109 e. The zero-order valence-electron chi connectivity index (χ0n) is 12.1. The minimum atomic E-state index is 0.442. The Kier molecular flexibility index (Phi) is 3.09. The fourth-order valence-corrected chi connectivity index (χ4v) is 4.10. The van der Waals surface area contributed by atoms with E-state index in [4.69, 9.17) is 0 Å². The molecule has 0 nitrogen and oxygen atoms in total. The molecule has 1 heteroatoms. The van der Waals surface area contributed by atoms with Gasteiger partial charge >= 0.3 is 0 Å². The third-order valence-electron chi connectivity index (χ3n) is 4.39. The zero-order valence-corrected chi connectivity index (χ0v) is 12.1. The van der Waals surface area contributed by atoms with E-state index in [1.54, 1.807) is 0 Å². The Morgan fingerprint density at radius 1 is 1.00 bits per heavy atom. The first-order valence-electron chi connectivity index (χ1n) is 6.46. The molecular formula is C14H29B. The van der Waals surface area contributed by atoms with Gasteiger partial charge in [-0.1, -0.05) is 60.2 Å². The van der Waals surface area contributed by atoms with Gasteiger partial charge in [-0.05, 0) is 29.1 Å². The van der Waals surface area contributed by atoms with E-state index in [0.717, 1.165) is 11.8 Å². The molecule has 0 aromatic heterocycles. The molecule has 0 heterocycles. The molecule has 0 aliphatic heterocycles. The summed E-state index contributed by atoms with van der Waals surface area (Å²) >= 11 is 0. The van der Waals surface area contributed by atoms with Crippen LogP contribution in [-0.4, -0.2) is 7.85 Å². The average Bonchev–Trinajstić information content (AvgIpc) is 2.21. The van der Waals surface area contributed by atoms with E-state index in [1.807, 2.05) is 0 Å². The topological polar surface area (TPSA) is 0 Å². The SMILES string of the molecule is BC1(C)CCC(C(C)(C)C)C1C(C)(C)C. The van der Waals surface area contributed by atoms with E-state index in [2.05, 4.69) is 56.3 Å². The standard InChI is InChI=1S/C14H29B/c1-12(2,3)10-8-9-14(7,15)11(10)13(4,5)6/h10-11H,8-9,15H2,1-7H3. The van der Waals surface area contributed by atoms with Crippen molar-refractivity contribution >= 4 is 7.85 Å². The first-order valence-corrected chi connectivity index (χ1v) is 6.46. The fourth-order valence-electron chi connectivity index (χ4n) is 4.10. The number of hydrogen-bond acceptors (Lipinski definition) is 0. The molecule has 0 N–H and O–H groups in total. The molecule has 1 saturated carbocycles. The second-order valence-electron chi connectivity index (χ2n) is 8.34. The van der Waals surface area contributed by atoms with Crippen molar-refractivity contribution in [2.75, 3.05) is 0 Å². The lowest BCUT2D eigenvalue weighted by molar-refractivity contribution is 0.0806. The summed E-state index contributed by atoms with van der Waals surface area (Å²) in [6.07, 6.45) is 2.81. The van der Waals surface area contributed by atoms with E-state index in [-0.39, 0.29) is 0 Å². The van der Waals surface area contributed by atoms with Gasteiger partial charge in [0.1, 0.15) is 7.85 Å². The average molecular weight is 208 g/mol. The van der Waals surface area contributed by atoms with Crippen LogP contribution in [0, 0.1) is 22.7 Å². The maximum atomic E-state index is 2.47. The molecule has 1 fully saturated rings. The molecule has 15 heavy (non-hydrogen) atoms.